The number of aromatic carboxylic acids is 1. The number of amides is 1. The number of phosphoric acid groups is 3. The van der Waals surface area contributed by atoms with E-state index in [0.717, 1.165) is 38.9 Å². The van der Waals surface area contributed by atoms with Crippen molar-refractivity contribution in [3.8, 4) is 17.6 Å². The molecule has 5 unspecified atom stereocenters. The molecule has 3 aliphatic rings. The lowest BCUT2D eigenvalue weighted by Gasteiger charge is -2.37. The van der Waals surface area contributed by atoms with Crippen molar-refractivity contribution in [3.05, 3.63) is 125 Å². The predicted octanol–water partition coefficient (Wildman–Crippen LogP) is 6.62. The number of H-pyrrole nitrogens is 1. The maximum atomic E-state index is 13.6. The van der Waals surface area contributed by atoms with Gasteiger partial charge in [0.2, 0.25) is 0 Å². The Kier molecular flexibility index (Phi) is 20.6. The van der Waals surface area contributed by atoms with Gasteiger partial charge in [0.1, 0.15) is 48.7 Å². The number of aryl methyl sites for hydroxylation is 1. The number of anilines is 1. The number of rotatable bonds is 24. The molecule has 1 fully saturated rings. The normalized spacial score (nSPS) is 21.1. The molecule has 0 radical (unpaired) electrons. The SMILES string of the molecule is CC/N=C1/C=C2Oc3cc(NCC)c(C)cc3C(c3ccc(C(=O)NCC(C)(C)SSCOCC#Cc4cn([C@H]5CC(OCN=[N+]=[N-])[C@@H](COP(=O)(O)OP(=O)(O)OP(=O)(O)O)O5)c(=O)[nH]c4=O)cc3C(=O)O)C2C=C1C. The van der Waals surface area contributed by atoms with E-state index in [9.17, 15) is 47.8 Å². The number of allylic oxidation sites excluding steroid dienone is 3. The van der Waals surface area contributed by atoms with Crippen LogP contribution in [0, 0.1) is 24.7 Å². The Hall–Kier alpha value is -5.33. The second kappa shape index (κ2) is 26.1. The topological polar surface area (TPSA) is 391 Å². The standard InChI is InChI=1S/C45H55N8O19P3S2/c1-7-47-33-17-35-31(14-25(33)3)40(32-15-26(4)34(48-8-2)18-36(32)69-35)29-12-11-27(16-30(29)43(56)57)41(54)49-22-45(5,6)77-76-24-66-13-9-10-28-20-53(44(58)51-42(28)55)39-19-37(67-23-50-52-46)38(70-39)21-68-74(62,63)72-75(64,65)71-73(59,60)61/h11-12,14-18,20,31,37-40,48H,7-8,13,19,21-24H2,1-6H3,(H,49,54)(H,56,57)(H,62,63)(H,64,65)(H,51,55,58)(H2,59,60,61)/b47-33-/t31?,37?,38-,39-,40?/m1/s1. The minimum absolute atomic E-state index is 0.0171. The number of ether oxygens (including phenoxy) is 4. The molecule has 1 aromatic heterocycles. The third-order valence-corrected chi connectivity index (χ3v) is 18.2. The number of hydrogen-bond acceptors (Lipinski definition) is 19. The number of aromatic nitrogens is 2. The van der Waals surface area contributed by atoms with Gasteiger partial charge in [-0.15, -0.1) is 0 Å². The maximum absolute atomic E-state index is 13.6. The lowest BCUT2D eigenvalue weighted by Crippen LogP contribution is -2.36. The summed E-state index contributed by atoms with van der Waals surface area (Å²) in [6.07, 6.45) is 1.02. The van der Waals surface area contributed by atoms with Crippen molar-refractivity contribution < 1.29 is 80.1 Å². The van der Waals surface area contributed by atoms with E-state index in [0.29, 0.717) is 30.2 Å². The summed E-state index contributed by atoms with van der Waals surface area (Å²) in [5.41, 5.74) is 11.7. The molecule has 0 bridgehead atoms. The van der Waals surface area contributed by atoms with E-state index in [4.69, 9.17) is 34.3 Å². The Balaban J connectivity index is 1.05. The quantitative estimate of drug-likeness (QED) is 0.00682. The fraction of sp³-hybridized carbons (Fsp3) is 0.444. The van der Waals surface area contributed by atoms with E-state index < -0.39 is 89.0 Å². The number of hydrogen-bond donors (Lipinski definition) is 8. The molecule has 1 saturated heterocycles. The number of carbonyl (C=O) groups excluding carboxylic acids is 1. The molecule has 1 amide bonds. The molecule has 7 atom stereocenters. The minimum Gasteiger partial charge on any atom is -0.478 e. The minimum atomic E-state index is -5.84. The molecule has 3 heterocycles. The molecule has 8 N–H and O–H groups in total. The van der Waals surface area contributed by atoms with E-state index in [1.807, 2.05) is 59.8 Å². The predicted molar refractivity (Wildman–Crippen MR) is 282 cm³/mol. The van der Waals surface area contributed by atoms with Gasteiger partial charge >= 0.3 is 35.1 Å². The van der Waals surface area contributed by atoms with Gasteiger partial charge in [0.15, 0.2) is 0 Å². The first-order chi connectivity index (χ1) is 36.2. The van der Waals surface area contributed by atoms with Gasteiger partial charge < -0.3 is 54.3 Å². The molecule has 32 heteroatoms. The fourth-order valence-corrected chi connectivity index (χ4v) is 13.4. The summed E-state index contributed by atoms with van der Waals surface area (Å²) in [6.45, 7) is 11.4. The number of benzene rings is 2. The van der Waals surface area contributed by atoms with Crippen molar-refractivity contribution in [1.29, 1.82) is 0 Å². The molecule has 0 saturated carbocycles. The highest BCUT2D eigenvalue weighted by atomic mass is 33.1. The van der Waals surface area contributed by atoms with Crippen LogP contribution in [-0.2, 0) is 41.1 Å². The zero-order chi connectivity index (χ0) is 56.5. The first-order valence-corrected chi connectivity index (χ1v) is 30.0. The molecule has 27 nitrogen and oxygen atoms in total. The average Bonchev–Trinajstić information content (AvgIpc) is 3.75. The zero-order valence-electron chi connectivity index (χ0n) is 42.0. The van der Waals surface area contributed by atoms with E-state index in [1.54, 1.807) is 12.1 Å². The second-order valence-corrected chi connectivity index (χ2v) is 25.0. The Labute approximate surface area is 447 Å². The lowest BCUT2D eigenvalue weighted by molar-refractivity contribution is -0.0601. The summed E-state index contributed by atoms with van der Waals surface area (Å²) in [6, 6.07) is 8.68. The Morgan fingerprint density at radius 3 is 2.51 bits per heavy atom. The Bertz CT molecular complexity index is 3240. The van der Waals surface area contributed by atoms with Crippen LogP contribution in [0.5, 0.6) is 5.75 Å². The number of nitrogens with one attached hydrogen (secondary N) is 3. The zero-order valence-corrected chi connectivity index (χ0v) is 46.3. The van der Waals surface area contributed by atoms with Crippen LogP contribution in [0.25, 0.3) is 10.4 Å². The van der Waals surface area contributed by atoms with Crippen LogP contribution < -0.4 is 26.6 Å². The molecule has 3 aromatic rings. The largest absolute Gasteiger partial charge is 0.490 e. The van der Waals surface area contributed by atoms with Crippen LogP contribution in [0.2, 0.25) is 0 Å². The molecule has 416 valence electrons. The summed E-state index contributed by atoms with van der Waals surface area (Å²) in [4.78, 5) is 98.4. The number of nitrogens with zero attached hydrogens (tertiary/aromatic N) is 5. The van der Waals surface area contributed by atoms with Crippen molar-refractivity contribution >= 4 is 68.3 Å². The first-order valence-electron chi connectivity index (χ1n) is 23.2. The molecular formula is C45H55N8O19P3S2. The number of phosphoric ester groups is 1. The van der Waals surface area contributed by atoms with Crippen LogP contribution in [0.15, 0.2) is 79.7 Å². The highest BCUT2D eigenvalue weighted by Crippen LogP contribution is 2.66. The number of fused-ring (bicyclic) bond motifs is 2. The Morgan fingerprint density at radius 1 is 1.06 bits per heavy atom. The second-order valence-electron chi connectivity index (χ2n) is 17.6. The molecule has 1 aliphatic carbocycles. The summed E-state index contributed by atoms with van der Waals surface area (Å²) >= 11 is 0. The van der Waals surface area contributed by atoms with Gasteiger partial charge in [0.25, 0.3) is 11.5 Å². The summed E-state index contributed by atoms with van der Waals surface area (Å²) < 4.78 is 70.8. The highest BCUT2D eigenvalue weighted by Gasteiger charge is 2.44. The number of aliphatic imine (C=N–C) groups is 1. The van der Waals surface area contributed by atoms with Crippen LogP contribution in [0.1, 0.15) is 96.2 Å². The molecule has 2 aromatic carbocycles. The summed E-state index contributed by atoms with van der Waals surface area (Å²) in [7, 11) is -14.4. The summed E-state index contributed by atoms with van der Waals surface area (Å²) in [5.74, 6) is 4.19. The van der Waals surface area contributed by atoms with Crippen LogP contribution in [0.4, 0.5) is 5.69 Å². The van der Waals surface area contributed by atoms with Crippen LogP contribution >= 0.6 is 45.1 Å². The molecule has 2 aliphatic heterocycles. The van der Waals surface area contributed by atoms with Gasteiger partial charge in [-0.25, -0.2) is 23.3 Å². The molecule has 0 spiro atoms. The number of carboxylic acids is 1. The van der Waals surface area contributed by atoms with Crippen molar-refractivity contribution in [1.82, 2.24) is 14.9 Å². The van der Waals surface area contributed by atoms with Gasteiger partial charge in [-0.1, -0.05) is 50.7 Å². The van der Waals surface area contributed by atoms with Gasteiger partial charge in [0.05, 0.1) is 24.0 Å². The van der Waals surface area contributed by atoms with E-state index in [1.165, 1.54) is 27.7 Å². The molecular weight excluding hydrogens is 1110 g/mol. The fourth-order valence-electron chi connectivity index (χ4n) is 8.22. The average molecular weight is 1170 g/mol. The van der Waals surface area contributed by atoms with Crippen LogP contribution in [0.3, 0.4) is 0 Å². The monoisotopic (exact) mass is 1170 g/mol. The van der Waals surface area contributed by atoms with E-state index in [-0.39, 0.29) is 48.1 Å². The maximum Gasteiger partial charge on any atom is 0.490 e. The van der Waals surface area contributed by atoms with E-state index in [2.05, 4.69) is 61.7 Å². The van der Waals surface area contributed by atoms with Gasteiger partial charge in [-0.05, 0) is 82.0 Å². The van der Waals surface area contributed by atoms with Crippen molar-refractivity contribution in [2.45, 2.75) is 77.1 Å². The smallest absolute Gasteiger partial charge is 0.478 e. The first kappa shape index (κ1) is 60.9. The van der Waals surface area contributed by atoms with Gasteiger partial charge in [-0.3, -0.25) is 28.7 Å². The van der Waals surface area contributed by atoms with Gasteiger partial charge in [0, 0.05) is 82.7 Å². The Morgan fingerprint density at radius 2 is 1.82 bits per heavy atom. The third kappa shape index (κ3) is 16.6. The van der Waals surface area contributed by atoms with Crippen molar-refractivity contribution in [3.63, 3.8) is 0 Å². The summed E-state index contributed by atoms with van der Waals surface area (Å²) in [5, 5.41) is 20.1. The number of carboxylic acid groups (broad SMARTS) is 1. The van der Waals surface area contributed by atoms with Gasteiger partial charge in [-0.2, -0.15) is 8.62 Å². The molecule has 77 heavy (non-hydrogen) atoms. The van der Waals surface area contributed by atoms with Crippen molar-refractivity contribution in [2.24, 2.45) is 16.0 Å². The number of carbonyl (C=O) groups is 2. The highest BCUT2D eigenvalue weighted by molar-refractivity contribution is 8.77. The third-order valence-electron chi connectivity index (χ3n) is 11.5. The molecule has 6 rings (SSSR count). The van der Waals surface area contributed by atoms with Crippen molar-refractivity contribution in [2.75, 3.05) is 50.8 Å². The lowest BCUT2D eigenvalue weighted by atomic mass is 9.73. The van der Waals surface area contributed by atoms with Crippen LogP contribution in [-0.4, -0.2) is 114 Å². The number of azide groups is 1. The number of aromatic amines is 1. The van der Waals surface area contributed by atoms with E-state index >= 15 is 0 Å².